The number of alkyl halides is 3. The Morgan fingerprint density at radius 2 is 1.60 bits per heavy atom. The Bertz CT molecular complexity index is 884. The zero-order valence-electron chi connectivity index (χ0n) is 17.1. The van der Waals surface area contributed by atoms with Crippen LogP contribution in [0.2, 0.25) is 0 Å². The van der Waals surface area contributed by atoms with E-state index in [9.17, 15) is 23.1 Å². The molecule has 0 spiro atoms. The van der Waals surface area contributed by atoms with Gasteiger partial charge < -0.3 is 10.0 Å². The molecule has 0 fully saturated rings. The maximum Gasteiger partial charge on any atom is 0.416 e. The molecule has 0 aliphatic heterocycles. The summed E-state index contributed by atoms with van der Waals surface area (Å²) >= 11 is 0. The van der Waals surface area contributed by atoms with Gasteiger partial charge in [-0.15, -0.1) is 6.58 Å². The van der Waals surface area contributed by atoms with Crippen LogP contribution < -0.4 is 4.90 Å². The van der Waals surface area contributed by atoms with Crippen molar-refractivity contribution in [1.82, 2.24) is 0 Å². The van der Waals surface area contributed by atoms with E-state index in [0.29, 0.717) is 17.9 Å². The Morgan fingerprint density at radius 1 is 1.07 bits per heavy atom. The summed E-state index contributed by atoms with van der Waals surface area (Å²) in [7, 11) is 0. The van der Waals surface area contributed by atoms with Crippen molar-refractivity contribution in [2.75, 3.05) is 11.4 Å². The van der Waals surface area contributed by atoms with E-state index in [2.05, 4.69) is 27.0 Å². The summed E-state index contributed by atoms with van der Waals surface area (Å²) < 4.78 is 38.9. The number of nitrogens with zero attached hydrogens (tertiary/aromatic N) is 1. The van der Waals surface area contributed by atoms with Crippen molar-refractivity contribution in [2.24, 2.45) is 0 Å². The second-order valence-corrected chi connectivity index (χ2v) is 7.44. The van der Waals surface area contributed by atoms with Gasteiger partial charge in [0.15, 0.2) is 0 Å². The van der Waals surface area contributed by atoms with E-state index in [-0.39, 0.29) is 12.1 Å². The first-order valence-corrected chi connectivity index (χ1v) is 9.60. The lowest BCUT2D eigenvalue weighted by atomic mass is 9.97. The van der Waals surface area contributed by atoms with E-state index >= 15 is 0 Å². The van der Waals surface area contributed by atoms with E-state index in [1.807, 2.05) is 29.2 Å². The smallest absolute Gasteiger partial charge is 0.416 e. The highest BCUT2D eigenvalue weighted by Crippen LogP contribution is 2.34. The molecule has 0 aliphatic carbocycles. The van der Waals surface area contributed by atoms with Gasteiger partial charge in [-0.2, -0.15) is 13.2 Å². The summed E-state index contributed by atoms with van der Waals surface area (Å²) in [5, 5.41) is 9.33. The highest BCUT2D eigenvalue weighted by Gasteiger charge is 2.31. The molecule has 2 rings (SSSR count). The third-order valence-corrected chi connectivity index (χ3v) is 4.94. The van der Waals surface area contributed by atoms with Crippen LogP contribution >= 0.6 is 0 Å². The van der Waals surface area contributed by atoms with Gasteiger partial charge in [-0.3, -0.25) is 0 Å². The predicted octanol–water partition coefficient (Wildman–Crippen LogP) is 6.59. The quantitative estimate of drug-likeness (QED) is 0.369. The highest BCUT2D eigenvalue weighted by atomic mass is 19.4. The Kier molecular flexibility index (Phi) is 7.48. The lowest BCUT2D eigenvalue weighted by Gasteiger charge is -2.34. The lowest BCUT2D eigenvalue weighted by Crippen LogP contribution is -2.32. The first kappa shape index (κ1) is 23.3. The highest BCUT2D eigenvalue weighted by molar-refractivity contribution is 5.87. The van der Waals surface area contributed by atoms with Crippen LogP contribution in [0, 0.1) is 0 Å². The maximum absolute atomic E-state index is 13.0. The first-order chi connectivity index (χ1) is 14.0. The molecule has 0 saturated carbocycles. The van der Waals surface area contributed by atoms with Crippen molar-refractivity contribution in [2.45, 2.75) is 38.4 Å². The number of carbonyl (C=O) groups is 1. The van der Waals surface area contributed by atoms with Gasteiger partial charge in [0.25, 0.3) is 0 Å². The molecule has 0 aliphatic rings. The van der Waals surface area contributed by atoms with Crippen LogP contribution in [-0.2, 0) is 11.0 Å². The van der Waals surface area contributed by atoms with Gasteiger partial charge in [-0.25, -0.2) is 4.79 Å². The van der Waals surface area contributed by atoms with Crippen LogP contribution in [0.1, 0.15) is 48.9 Å². The van der Waals surface area contributed by atoms with Crippen molar-refractivity contribution in [3.8, 4) is 0 Å². The Balaban J connectivity index is 2.49. The summed E-state index contributed by atoms with van der Waals surface area (Å²) in [6.45, 7) is 11.6. The molecule has 1 unspecified atom stereocenters. The number of carboxylic acid groups (broad SMARTS) is 1. The molecule has 2 aromatic rings. The van der Waals surface area contributed by atoms with Crippen molar-refractivity contribution in [1.29, 1.82) is 0 Å². The van der Waals surface area contributed by atoms with Gasteiger partial charge in [0.1, 0.15) is 0 Å². The normalized spacial score (nSPS) is 12.5. The first-order valence-electron chi connectivity index (χ1n) is 9.60. The Hall–Kier alpha value is -3.02. The molecular formula is C24H26F3NO2. The molecule has 30 heavy (non-hydrogen) atoms. The third-order valence-electron chi connectivity index (χ3n) is 4.94. The zero-order valence-corrected chi connectivity index (χ0v) is 17.1. The molecule has 3 nitrogen and oxygen atoms in total. The minimum Gasteiger partial charge on any atom is -0.478 e. The van der Waals surface area contributed by atoms with Crippen molar-refractivity contribution < 1.29 is 23.1 Å². The van der Waals surface area contributed by atoms with Gasteiger partial charge in [0.05, 0.1) is 18.2 Å². The summed E-state index contributed by atoms with van der Waals surface area (Å²) in [4.78, 5) is 13.2. The molecule has 1 atom stereocenters. The van der Waals surface area contributed by atoms with Crippen LogP contribution in [0.25, 0.3) is 0 Å². The molecule has 0 radical (unpaired) electrons. The summed E-state index contributed by atoms with van der Waals surface area (Å²) in [5.74, 6) is -0.788. The van der Waals surface area contributed by atoms with Gasteiger partial charge in [-0.1, -0.05) is 50.8 Å². The SMILES string of the molecule is C=CCC(c1ccc(C(F)(F)F)cc1)N(CC(=C)C(=O)O)c1ccc(C(C)C)cc1. The lowest BCUT2D eigenvalue weighted by molar-refractivity contribution is -0.137. The number of rotatable bonds is 9. The van der Waals surface area contributed by atoms with Crippen LogP contribution in [-0.4, -0.2) is 17.6 Å². The van der Waals surface area contributed by atoms with E-state index in [0.717, 1.165) is 23.4 Å². The van der Waals surface area contributed by atoms with Gasteiger partial charge in [0.2, 0.25) is 0 Å². The molecule has 0 amide bonds. The van der Waals surface area contributed by atoms with Gasteiger partial charge in [-0.05, 0) is 47.7 Å². The topological polar surface area (TPSA) is 40.5 Å². The van der Waals surface area contributed by atoms with Crippen LogP contribution in [0.5, 0.6) is 0 Å². The molecule has 0 heterocycles. The minimum atomic E-state index is -4.42. The third kappa shape index (κ3) is 5.75. The largest absolute Gasteiger partial charge is 0.478 e. The molecule has 0 saturated heterocycles. The maximum atomic E-state index is 13.0. The average molecular weight is 417 g/mol. The van der Waals surface area contributed by atoms with E-state index < -0.39 is 23.8 Å². The number of hydrogen-bond acceptors (Lipinski definition) is 2. The summed E-state index contributed by atoms with van der Waals surface area (Å²) in [5.41, 5.74) is 1.78. The van der Waals surface area contributed by atoms with E-state index in [1.54, 1.807) is 6.08 Å². The van der Waals surface area contributed by atoms with Gasteiger partial charge >= 0.3 is 12.1 Å². The van der Waals surface area contributed by atoms with Crippen molar-refractivity contribution >= 4 is 11.7 Å². The number of anilines is 1. The molecule has 0 bridgehead atoms. The van der Waals surface area contributed by atoms with Crippen molar-refractivity contribution in [3.05, 3.63) is 90.0 Å². The molecule has 160 valence electrons. The standard InChI is InChI=1S/C24H26F3NO2/c1-5-6-22(19-7-11-20(12-8-19)24(25,26)27)28(15-17(4)23(29)30)21-13-9-18(10-14-21)16(2)3/h5,7-14,16,22H,1,4,6,15H2,2-3H3,(H,29,30). The van der Waals surface area contributed by atoms with Crippen molar-refractivity contribution in [3.63, 3.8) is 0 Å². The Labute approximate surface area is 175 Å². The molecule has 2 aromatic carbocycles. The second-order valence-electron chi connectivity index (χ2n) is 7.44. The molecule has 0 aromatic heterocycles. The van der Waals surface area contributed by atoms with Gasteiger partial charge in [0, 0.05) is 11.3 Å². The molecular weight excluding hydrogens is 391 g/mol. The zero-order chi connectivity index (χ0) is 22.5. The predicted molar refractivity (Wildman–Crippen MR) is 114 cm³/mol. The van der Waals surface area contributed by atoms with Crippen LogP contribution in [0.15, 0.2) is 73.3 Å². The minimum absolute atomic E-state index is 0.0103. The average Bonchev–Trinajstić information content (AvgIpc) is 2.70. The fourth-order valence-corrected chi connectivity index (χ4v) is 3.20. The van der Waals surface area contributed by atoms with E-state index in [4.69, 9.17) is 0 Å². The number of benzene rings is 2. The Morgan fingerprint density at radius 3 is 2.03 bits per heavy atom. The number of carboxylic acids is 1. The summed E-state index contributed by atoms with van der Waals surface area (Å²) in [6, 6.07) is 12.3. The fourth-order valence-electron chi connectivity index (χ4n) is 3.20. The second kappa shape index (κ2) is 9.65. The van der Waals surface area contributed by atoms with Crippen LogP contribution in [0.4, 0.5) is 18.9 Å². The number of aliphatic carboxylic acids is 1. The van der Waals surface area contributed by atoms with Crippen LogP contribution in [0.3, 0.4) is 0 Å². The summed E-state index contributed by atoms with van der Waals surface area (Å²) in [6.07, 6.45) is -2.33. The number of hydrogen-bond donors (Lipinski definition) is 1. The van der Waals surface area contributed by atoms with E-state index in [1.165, 1.54) is 12.1 Å². The molecule has 6 heteroatoms. The fraction of sp³-hybridized carbons (Fsp3) is 0.292. The molecule has 1 N–H and O–H groups in total. The monoisotopic (exact) mass is 417 g/mol. The number of halogens is 3.